The molecule has 20 heavy (non-hydrogen) atoms. The number of benzene rings is 1. The van der Waals surface area contributed by atoms with Gasteiger partial charge in [-0.3, -0.25) is 0 Å². The number of aromatic carboxylic acids is 1. The minimum absolute atomic E-state index is 0.159. The van der Waals surface area contributed by atoms with Gasteiger partial charge < -0.3 is 10.4 Å². The van der Waals surface area contributed by atoms with Gasteiger partial charge in [0.1, 0.15) is 11.1 Å². The highest BCUT2D eigenvalue weighted by molar-refractivity contribution is 9.10. The summed E-state index contributed by atoms with van der Waals surface area (Å²) in [7, 11) is 0. The van der Waals surface area contributed by atoms with Crippen molar-refractivity contribution in [2.75, 3.05) is 5.32 Å². The number of halogens is 2. The molecule has 0 atom stereocenters. The Morgan fingerprint density at radius 2 is 2.20 bits per heavy atom. The van der Waals surface area contributed by atoms with Crippen molar-refractivity contribution < 1.29 is 9.90 Å². The molecule has 0 saturated carbocycles. The summed E-state index contributed by atoms with van der Waals surface area (Å²) in [5, 5.41) is 20.9. The van der Waals surface area contributed by atoms with E-state index in [1.54, 1.807) is 6.07 Å². The average molecular weight is 353 g/mol. The maximum atomic E-state index is 10.8. The van der Waals surface area contributed by atoms with Gasteiger partial charge in [-0.05, 0) is 40.2 Å². The predicted octanol–water partition coefficient (Wildman–Crippen LogP) is 3.81. The van der Waals surface area contributed by atoms with Crippen molar-refractivity contribution in [3.05, 3.63) is 51.1 Å². The molecule has 0 unspecified atom stereocenters. The standard InChI is InChI=1S/C13H7BrClN3O2/c14-9-5-7(13(19)20)1-2-10(9)18-12-11(15)8(6-16)3-4-17-12/h1-5H,(H,17,18)(H,19,20). The fraction of sp³-hybridized carbons (Fsp3) is 0. The molecule has 0 aliphatic heterocycles. The van der Waals surface area contributed by atoms with E-state index in [1.165, 1.54) is 24.4 Å². The zero-order valence-corrected chi connectivity index (χ0v) is 12.2. The summed E-state index contributed by atoms with van der Waals surface area (Å²) >= 11 is 9.31. The summed E-state index contributed by atoms with van der Waals surface area (Å²) in [6.45, 7) is 0. The molecule has 2 rings (SSSR count). The number of aromatic nitrogens is 1. The molecule has 1 heterocycles. The van der Waals surface area contributed by atoms with E-state index in [0.717, 1.165) is 0 Å². The summed E-state index contributed by atoms with van der Waals surface area (Å²) in [4.78, 5) is 14.9. The van der Waals surface area contributed by atoms with Crippen LogP contribution in [-0.4, -0.2) is 16.1 Å². The lowest BCUT2D eigenvalue weighted by Crippen LogP contribution is -2.00. The van der Waals surface area contributed by atoms with Crippen LogP contribution in [0.15, 0.2) is 34.9 Å². The molecule has 0 amide bonds. The minimum Gasteiger partial charge on any atom is -0.478 e. The van der Waals surface area contributed by atoms with Crippen molar-refractivity contribution in [1.29, 1.82) is 5.26 Å². The van der Waals surface area contributed by atoms with Crippen LogP contribution in [0.4, 0.5) is 11.5 Å². The van der Waals surface area contributed by atoms with E-state index in [9.17, 15) is 4.79 Å². The largest absolute Gasteiger partial charge is 0.478 e. The summed E-state index contributed by atoms with van der Waals surface area (Å²) in [5.41, 5.74) is 1.06. The number of hydrogen-bond donors (Lipinski definition) is 2. The first-order chi connectivity index (χ1) is 9.52. The Balaban J connectivity index is 2.36. The Labute approximate surface area is 128 Å². The molecular weight excluding hydrogens is 346 g/mol. The van der Waals surface area contributed by atoms with Gasteiger partial charge in [0.05, 0.1) is 16.8 Å². The number of pyridine rings is 1. The van der Waals surface area contributed by atoms with Gasteiger partial charge in [-0.15, -0.1) is 0 Å². The first kappa shape index (κ1) is 14.3. The van der Waals surface area contributed by atoms with Crippen LogP contribution in [0.3, 0.4) is 0 Å². The quantitative estimate of drug-likeness (QED) is 0.877. The molecule has 1 aromatic carbocycles. The number of nitrogens with one attached hydrogen (secondary N) is 1. The van der Waals surface area contributed by atoms with Crippen LogP contribution < -0.4 is 5.32 Å². The molecule has 2 aromatic rings. The molecule has 100 valence electrons. The van der Waals surface area contributed by atoms with Crippen LogP contribution >= 0.6 is 27.5 Å². The summed E-state index contributed by atoms with van der Waals surface area (Å²) in [5.74, 6) is -0.686. The Bertz CT molecular complexity index is 728. The van der Waals surface area contributed by atoms with Gasteiger partial charge in [-0.25, -0.2) is 9.78 Å². The monoisotopic (exact) mass is 351 g/mol. The summed E-state index contributed by atoms with van der Waals surface area (Å²) < 4.78 is 0.553. The fourth-order valence-electron chi connectivity index (χ4n) is 1.49. The Kier molecular flexibility index (Phi) is 4.23. The third-order valence-electron chi connectivity index (χ3n) is 2.48. The van der Waals surface area contributed by atoms with Gasteiger partial charge in [0.15, 0.2) is 5.82 Å². The number of hydrogen-bond acceptors (Lipinski definition) is 4. The first-order valence-corrected chi connectivity index (χ1v) is 6.54. The van der Waals surface area contributed by atoms with Crippen molar-refractivity contribution in [2.45, 2.75) is 0 Å². The smallest absolute Gasteiger partial charge is 0.335 e. The van der Waals surface area contributed by atoms with Gasteiger partial charge in [0, 0.05) is 10.7 Å². The number of anilines is 2. The van der Waals surface area contributed by atoms with Crippen LogP contribution in [-0.2, 0) is 0 Å². The highest BCUT2D eigenvalue weighted by Crippen LogP contribution is 2.30. The summed E-state index contributed by atoms with van der Waals surface area (Å²) in [6.07, 6.45) is 1.46. The zero-order valence-electron chi connectivity index (χ0n) is 9.89. The lowest BCUT2D eigenvalue weighted by Gasteiger charge is -2.10. The second kappa shape index (κ2) is 5.90. The lowest BCUT2D eigenvalue weighted by molar-refractivity contribution is 0.0697. The van der Waals surface area contributed by atoms with E-state index in [2.05, 4.69) is 26.2 Å². The number of carboxylic acids is 1. The average Bonchev–Trinajstić information content (AvgIpc) is 2.43. The molecule has 7 heteroatoms. The molecule has 0 spiro atoms. The predicted molar refractivity (Wildman–Crippen MR) is 78.3 cm³/mol. The van der Waals surface area contributed by atoms with Crippen LogP contribution in [0.25, 0.3) is 0 Å². The van der Waals surface area contributed by atoms with E-state index in [4.69, 9.17) is 22.0 Å². The molecule has 2 N–H and O–H groups in total. The molecule has 0 bridgehead atoms. The SMILES string of the molecule is N#Cc1ccnc(Nc2ccc(C(=O)O)cc2Br)c1Cl. The van der Waals surface area contributed by atoms with Crippen molar-refractivity contribution in [2.24, 2.45) is 0 Å². The molecule has 0 saturated heterocycles. The zero-order chi connectivity index (χ0) is 14.7. The third-order valence-corrected chi connectivity index (χ3v) is 3.52. The van der Waals surface area contributed by atoms with Crippen LogP contribution in [0.1, 0.15) is 15.9 Å². The minimum atomic E-state index is -1.01. The molecule has 0 radical (unpaired) electrons. The number of rotatable bonds is 3. The molecule has 0 aliphatic rings. The van der Waals surface area contributed by atoms with Gasteiger partial charge in [0.25, 0.3) is 0 Å². The van der Waals surface area contributed by atoms with Crippen LogP contribution in [0, 0.1) is 11.3 Å². The van der Waals surface area contributed by atoms with E-state index in [0.29, 0.717) is 21.5 Å². The Morgan fingerprint density at radius 1 is 1.45 bits per heavy atom. The van der Waals surface area contributed by atoms with Gasteiger partial charge in [-0.2, -0.15) is 5.26 Å². The molecular formula is C13H7BrClN3O2. The highest BCUT2D eigenvalue weighted by Gasteiger charge is 2.11. The molecule has 0 fully saturated rings. The van der Waals surface area contributed by atoms with Crippen molar-refractivity contribution in [3.63, 3.8) is 0 Å². The topological polar surface area (TPSA) is 86.0 Å². The van der Waals surface area contributed by atoms with E-state index in [1.807, 2.05) is 6.07 Å². The molecule has 5 nitrogen and oxygen atoms in total. The second-order valence-corrected chi connectivity index (χ2v) is 4.99. The van der Waals surface area contributed by atoms with Gasteiger partial charge >= 0.3 is 5.97 Å². The highest BCUT2D eigenvalue weighted by atomic mass is 79.9. The lowest BCUT2D eigenvalue weighted by atomic mass is 10.2. The Morgan fingerprint density at radius 3 is 2.80 bits per heavy atom. The number of nitrogens with zero attached hydrogens (tertiary/aromatic N) is 2. The molecule has 1 aromatic heterocycles. The van der Waals surface area contributed by atoms with E-state index >= 15 is 0 Å². The first-order valence-electron chi connectivity index (χ1n) is 5.37. The van der Waals surface area contributed by atoms with Crippen LogP contribution in [0.5, 0.6) is 0 Å². The number of carboxylic acid groups (broad SMARTS) is 1. The van der Waals surface area contributed by atoms with Crippen molar-refractivity contribution in [3.8, 4) is 6.07 Å². The van der Waals surface area contributed by atoms with Crippen molar-refractivity contribution in [1.82, 2.24) is 4.98 Å². The number of nitriles is 1. The third kappa shape index (κ3) is 2.90. The maximum absolute atomic E-state index is 10.8. The van der Waals surface area contributed by atoms with Gasteiger partial charge in [-0.1, -0.05) is 11.6 Å². The van der Waals surface area contributed by atoms with E-state index < -0.39 is 5.97 Å². The van der Waals surface area contributed by atoms with Crippen molar-refractivity contribution >= 4 is 45.0 Å². The summed E-state index contributed by atoms with van der Waals surface area (Å²) in [6, 6.07) is 7.98. The van der Waals surface area contributed by atoms with Gasteiger partial charge in [0.2, 0.25) is 0 Å². The van der Waals surface area contributed by atoms with Crippen LogP contribution in [0.2, 0.25) is 5.02 Å². The second-order valence-electron chi connectivity index (χ2n) is 3.76. The van der Waals surface area contributed by atoms with E-state index in [-0.39, 0.29) is 10.6 Å². The fourth-order valence-corrected chi connectivity index (χ4v) is 2.17. The normalized spacial score (nSPS) is 9.85. The number of carbonyl (C=O) groups is 1. The maximum Gasteiger partial charge on any atom is 0.335 e. The molecule has 0 aliphatic carbocycles. The Hall–Kier alpha value is -2.10.